The summed E-state index contributed by atoms with van der Waals surface area (Å²) in [7, 11) is 0. The second-order valence-electron chi connectivity index (χ2n) is 12.5. The predicted octanol–water partition coefficient (Wildman–Crippen LogP) is -1.42. The fraction of sp³-hybridized carbons (Fsp3) is 0.706. The number of alkyl halides is 4. The molecule has 0 radical (unpaired) electrons. The van der Waals surface area contributed by atoms with E-state index in [1.54, 1.807) is 0 Å². The minimum absolute atomic E-state index is 0.0795. The Morgan fingerprint density at radius 1 is 0.386 bits per heavy atom. The quantitative estimate of drug-likeness (QED) is 0.0161. The molecule has 57 heavy (non-hydrogen) atoms. The monoisotopic (exact) mass is 889 g/mol. The largest absolute Gasteiger partial charge is 0.356 e. The number of unbranched alkanes of at least 4 members (excludes halogenated alkanes) is 3. The maximum absolute atomic E-state index is 13.4. The maximum Gasteiger partial charge on any atom is 0.284 e. The fourth-order valence-electron chi connectivity index (χ4n) is 4.93. The third-order valence-electron chi connectivity index (χ3n) is 7.86. The van der Waals surface area contributed by atoms with Gasteiger partial charge in [-0.2, -0.15) is 0 Å². The van der Waals surface area contributed by atoms with Crippen LogP contribution >= 0.6 is 46.4 Å². The maximum atomic E-state index is 13.4. The van der Waals surface area contributed by atoms with E-state index >= 15 is 0 Å². The van der Waals surface area contributed by atoms with Gasteiger partial charge in [-0.1, -0.05) is 0 Å². The lowest BCUT2D eigenvalue weighted by Gasteiger charge is -2.23. The van der Waals surface area contributed by atoms with E-state index in [1.165, 1.54) is 0 Å². The van der Waals surface area contributed by atoms with Crippen LogP contribution in [-0.2, 0) is 47.9 Å². The molecule has 0 saturated heterocycles. The highest BCUT2D eigenvalue weighted by Crippen LogP contribution is 2.07. The number of halogens is 4. The number of amides is 9. The summed E-state index contributed by atoms with van der Waals surface area (Å²) in [5.74, 6) is -5.83. The van der Waals surface area contributed by atoms with Crippen molar-refractivity contribution in [1.82, 2.24) is 47.9 Å². The van der Waals surface area contributed by atoms with E-state index in [2.05, 4.69) is 47.9 Å². The highest BCUT2D eigenvalue weighted by molar-refractivity contribution is 6.28. The van der Waals surface area contributed by atoms with Crippen LogP contribution < -0.4 is 47.9 Å². The number of aldehydes is 1. The van der Waals surface area contributed by atoms with Crippen molar-refractivity contribution in [3.05, 3.63) is 0 Å². The van der Waals surface area contributed by atoms with Gasteiger partial charge in [0.05, 0.1) is 0 Å². The van der Waals surface area contributed by atoms with E-state index in [0.717, 1.165) is 0 Å². The highest BCUT2D eigenvalue weighted by atomic mass is 35.5. The van der Waals surface area contributed by atoms with E-state index in [9.17, 15) is 47.9 Å². The van der Waals surface area contributed by atoms with Crippen molar-refractivity contribution >= 4 is 106 Å². The zero-order chi connectivity index (χ0) is 42.8. The van der Waals surface area contributed by atoms with Gasteiger partial charge in [0.1, 0.15) is 41.6 Å². The minimum Gasteiger partial charge on any atom is -0.356 e. The van der Waals surface area contributed by atoms with E-state index in [-0.39, 0.29) is 87.6 Å². The Labute approximate surface area is 352 Å². The molecule has 0 aliphatic rings. The van der Waals surface area contributed by atoms with Gasteiger partial charge >= 0.3 is 0 Å². The van der Waals surface area contributed by atoms with E-state index in [4.69, 9.17) is 46.4 Å². The lowest BCUT2D eigenvalue weighted by molar-refractivity contribution is -0.132. The van der Waals surface area contributed by atoms with Gasteiger partial charge in [0.2, 0.25) is 53.5 Å². The molecule has 19 nitrogen and oxygen atoms in total. The first-order valence-electron chi connectivity index (χ1n) is 18.5. The molecule has 0 aromatic heterocycles. The molecule has 0 aromatic rings. The third kappa shape index (κ3) is 28.2. The zero-order valence-corrected chi connectivity index (χ0v) is 34.8. The number of carbonyl (C=O) groups is 10. The summed E-state index contributed by atoms with van der Waals surface area (Å²) in [5.41, 5.74) is 0. The fourth-order valence-corrected chi connectivity index (χ4v) is 5.27. The molecule has 0 spiro atoms. The summed E-state index contributed by atoms with van der Waals surface area (Å²) in [6, 6.07) is -3.05. The highest BCUT2D eigenvalue weighted by Gasteiger charge is 2.27. The van der Waals surface area contributed by atoms with Crippen LogP contribution in [0.15, 0.2) is 0 Å². The van der Waals surface area contributed by atoms with Crippen LogP contribution in [0.25, 0.3) is 0 Å². The summed E-state index contributed by atoms with van der Waals surface area (Å²) in [6.07, 6.45) is 3.57. The molecule has 0 saturated carbocycles. The molecule has 9 amide bonds. The van der Waals surface area contributed by atoms with Crippen LogP contribution in [0, 0.1) is 0 Å². The van der Waals surface area contributed by atoms with Crippen molar-refractivity contribution in [2.75, 3.05) is 62.8 Å². The number of hydrogen-bond donors (Lipinski definition) is 9. The zero-order valence-electron chi connectivity index (χ0n) is 31.8. The van der Waals surface area contributed by atoms with Crippen LogP contribution in [0.2, 0.25) is 0 Å². The van der Waals surface area contributed by atoms with Gasteiger partial charge in [-0.05, 0) is 64.2 Å². The topological polar surface area (TPSA) is 279 Å². The molecule has 3 atom stereocenters. The summed E-state index contributed by atoms with van der Waals surface area (Å²) >= 11 is 22.2. The Bertz CT molecular complexity index is 1320. The Balaban J connectivity index is 5.43. The van der Waals surface area contributed by atoms with Gasteiger partial charge in [0, 0.05) is 45.7 Å². The third-order valence-corrected chi connectivity index (χ3v) is 8.83. The Morgan fingerprint density at radius 3 is 1.21 bits per heavy atom. The second kappa shape index (κ2) is 34.1. The predicted molar refractivity (Wildman–Crippen MR) is 214 cm³/mol. The Morgan fingerprint density at radius 2 is 0.754 bits per heavy atom. The lowest BCUT2D eigenvalue weighted by Crippen LogP contribution is -2.54. The minimum atomic E-state index is -1.11. The molecular weight excluding hydrogens is 836 g/mol. The van der Waals surface area contributed by atoms with Crippen molar-refractivity contribution in [1.29, 1.82) is 0 Å². The van der Waals surface area contributed by atoms with Crippen LogP contribution in [-0.4, -0.2) is 140 Å². The van der Waals surface area contributed by atoms with Crippen LogP contribution in [0.3, 0.4) is 0 Å². The van der Waals surface area contributed by atoms with Crippen molar-refractivity contribution in [3.63, 3.8) is 0 Å². The lowest BCUT2D eigenvalue weighted by atomic mass is 10.0. The van der Waals surface area contributed by atoms with Crippen molar-refractivity contribution in [2.45, 2.75) is 88.8 Å². The van der Waals surface area contributed by atoms with E-state index < -0.39 is 65.4 Å². The Hall–Kier alpha value is -3.94. The first-order chi connectivity index (χ1) is 27.3. The summed E-state index contributed by atoms with van der Waals surface area (Å²) < 4.78 is 0. The molecule has 0 aliphatic carbocycles. The van der Waals surface area contributed by atoms with Gasteiger partial charge in [-0.3, -0.25) is 47.9 Å². The summed E-state index contributed by atoms with van der Waals surface area (Å²) in [5, 5.41) is 23.3. The summed E-state index contributed by atoms with van der Waals surface area (Å²) in [6.45, 7) is 1.12. The normalized spacial score (nSPS) is 12.1. The molecule has 0 unspecified atom stereocenters. The molecular formula is C34H55Cl4N9O10. The van der Waals surface area contributed by atoms with Crippen molar-refractivity contribution in [2.24, 2.45) is 0 Å². The van der Waals surface area contributed by atoms with Crippen molar-refractivity contribution < 1.29 is 47.9 Å². The average molecular weight is 892 g/mol. The van der Waals surface area contributed by atoms with Gasteiger partial charge in [0.25, 0.3) is 5.91 Å². The summed E-state index contributed by atoms with van der Waals surface area (Å²) in [4.78, 5) is 120. The van der Waals surface area contributed by atoms with E-state index in [1.807, 2.05) is 0 Å². The molecule has 23 heteroatoms. The molecule has 0 fully saturated rings. The van der Waals surface area contributed by atoms with Gasteiger partial charge < -0.3 is 47.9 Å². The van der Waals surface area contributed by atoms with Gasteiger partial charge in [-0.15, -0.1) is 46.4 Å². The second-order valence-corrected chi connectivity index (χ2v) is 13.5. The van der Waals surface area contributed by atoms with Crippen LogP contribution in [0.1, 0.15) is 70.6 Å². The SMILES string of the molecule is O=CC(=O)NCCCNC(=O)CCNC(=O)[C@H](CCCCNC(=O)[C@H](CCCCNC(=O)CCl)NC(=O)CCl)NC(=O)[C@H](CCCCNC(=O)CCl)NC(=O)CCl. The number of nitrogens with one attached hydrogen (secondary N) is 9. The van der Waals surface area contributed by atoms with E-state index in [0.29, 0.717) is 58.0 Å². The van der Waals surface area contributed by atoms with Gasteiger partial charge in [-0.25, -0.2) is 0 Å². The average Bonchev–Trinajstić information content (AvgIpc) is 3.20. The van der Waals surface area contributed by atoms with Crippen LogP contribution in [0.5, 0.6) is 0 Å². The molecule has 9 N–H and O–H groups in total. The smallest absolute Gasteiger partial charge is 0.284 e. The van der Waals surface area contributed by atoms with Crippen molar-refractivity contribution in [3.8, 4) is 0 Å². The first-order valence-corrected chi connectivity index (χ1v) is 20.7. The number of hydrogen-bond acceptors (Lipinski definition) is 10. The standard InChI is InChI=1S/C34H55Cl4N9O10/c35-18-27(50)40-12-4-1-8-23(45-29(52)20-37)32(55)43-14-6-3-9-24(33(56)44-17-11-26(49)39-15-7-16-42-31(54)22-48)47-34(57)25(46-30(53)21-38)10-2-5-13-41-28(51)19-36/h22-25H,1-21H2,(H,39,49)(H,40,50)(H,41,51)(H,42,54)(H,43,55)(H,44,56)(H,45,52)(H,46,53)(H,47,57)/t23-,24-,25-/m0/s1. The number of carbonyl (C=O) groups excluding carboxylic acids is 10. The number of rotatable bonds is 33. The molecule has 324 valence electrons. The first kappa shape index (κ1) is 53.1. The van der Waals surface area contributed by atoms with Crippen LogP contribution in [0.4, 0.5) is 0 Å². The molecule has 0 aliphatic heterocycles. The molecule has 0 heterocycles. The molecule has 0 rings (SSSR count). The molecule has 0 aromatic carbocycles. The molecule has 0 bridgehead atoms. The van der Waals surface area contributed by atoms with Gasteiger partial charge in [0.15, 0.2) is 0 Å². The Kier molecular flexibility index (Phi) is 31.8.